The van der Waals surface area contributed by atoms with Gasteiger partial charge in [-0.15, -0.1) is 6.42 Å². The summed E-state index contributed by atoms with van der Waals surface area (Å²) in [4.78, 5) is 7.50. The Morgan fingerprint density at radius 2 is 2.15 bits per heavy atom. The molecule has 2 nitrogen and oxygen atoms in total. The number of nitrogens with one attached hydrogen (secondary N) is 1. The number of imidazole rings is 1. The molecule has 1 aliphatic rings. The van der Waals surface area contributed by atoms with Gasteiger partial charge in [0.05, 0.1) is 6.20 Å². The zero-order valence-corrected chi connectivity index (χ0v) is 7.71. The summed E-state index contributed by atoms with van der Waals surface area (Å²) in [5.74, 6) is 4.28. The van der Waals surface area contributed by atoms with Crippen molar-refractivity contribution in [3.05, 3.63) is 17.7 Å². The third kappa shape index (κ3) is 1.75. The van der Waals surface area contributed by atoms with Crippen molar-refractivity contribution in [2.45, 2.75) is 38.0 Å². The fourth-order valence-corrected chi connectivity index (χ4v) is 1.99. The Bertz CT molecular complexity index is 313. The van der Waals surface area contributed by atoms with Crippen LogP contribution in [0.2, 0.25) is 0 Å². The smallest absolute Gasteiger partial charge is 0.110 e. The molecule has 2 heteroatoms. The molecule has 0 bridgehead atoms. The van der Waals surface area contributed by atoms with E-state index < -0.39 is 0 Å². The number of H-pyrrole nitrogens is 1. The van der Waals surface area contributed by atoms with E-state index in [4.69, 9.17) is 6.42 Å². The molecule has 1 aromatic heterocycles. The number of nitrogens with zero attached hydrogens (tertiary/aromatic N) is 1. The van der Waals surface area contributed by atoms with Crippen molar-refractivity contribution in [1.29, 1.82) is 0 Å². The number of hydrogen-bond acceptors (Lipinski definition) is 1. The lowest BCUT2D eigenvalue weighted by Crippen LogP contribution is -2.06. The van der Waals surface area contributed by atoms with Gasteiger partial charge in [-0.3, -0.25) is 0 Å². The maximum absolute atomic E-state index is 5.27. The van der Waals surface area contributed by atoms with Crippen molar-refractivity contribution in [2.75, 3.05) is 0 Å². The Labute approximate surface area is 78.8 Å². The molecule has 1 fully saturated rings. The van der Waals surface area contributed by atoms with Crippen LogP contribution in [0, 0.1) is 12.3 Å². The first-order chi connectivity index (χ1) is 6.40. The predicted octanol–water partition coefficient (Wildman–Crippen LogP) is 2.44. The monoisotopic (exact) mass is 174 g/mol. The summed E-state index contributed by atoms with van der Waals surface area (Å²) in [6.45, 7) is 0. The number of aromatic nitrogens is 2. The summed E-state index contributed by atoms with van der Waals surface area (Å²) < 4.78 is 0. The zero-order chi connectivity index (χ0) is 9.10. The predicted molar refractivity (Wildman–Crippen MR) is 52.3 cm³/mol. The molecule has 68 valence electrons. The highest BCUT2D eigenvalue weighted by Gasteiger charge is 2.17. The lowest BCUT2D eigenvalue weighted by Gasteiger charge is -2.18. The Morgan fingerprint density at radius 3 is 2.77 bits per heavy atom. The highest BCUT2D eigenvalue weighted by molar-refractivity contribution is 5.23. The molecule has 0 radical (unpaired) electrons. The van der Waals surface area contributed by atoms with Crippen LogP contribution >= 0.6 is 0 Å². The third-order valence-corrected chi connectivity index (χ3v) is 2.74. The minimum Gasteiger partial charge on any atom is -0.335 e. The topological polar surface area (TPSA) is 28.7 Å². The summed E-state index contributed by atoms with van der Waals surface area (Å²) in [6, 6.07) is 0. The first-order valence-corrected chi connectivity index (χ1v) is 4.91. The molecule has 0 saturated heterocycles. The van der Waals surface area contributed by atoms with Gasteiger partial charge in [0.25, 0.3) is 0 Å². The number of terminal acetylenes is 1. The first kappa shape index (κ1) is 8.37. The van der Waals surface area contributed by atoms with E-state index in [0.717, 1.165) is 11.5 Å². The van der Waals surface area contributed by atoms with Gasteiger partial charge >= 0.3 is 0 Å². The van der Waals surface area contributed by atoms with Gasteiger partial charge in [0, 0.05) is 5.92 Å². The van der Waals surface area contributed by atoms with Gasteiger partial charge in [0.1, 0.15) is 11.5 Å². The van der Waals surface area contributed by atoms with Crippen LogP contribution in [0.25, 0.3) is 0 Å². The molecule has 0 amide bonds. The van der Waals surface area contributed by atoms with Crippen LogP contribution < -0.4 is 0 Å². The fraction of sp³-hybridized carbons (Fsp3) is 0.545. The number of rotatable bonds is 1. The van der Waals surface area contributed by atoms with Crippen molar-refractivity contribution >= 4 is 0 Å². The van der Waals surface area contributed by atoms with Crippen LogP contribution in [-0.4, -0.2) is 9.97 Å². The highest BCUT2D eigenvalue weighted by Crippen LogP contribution is 2.30. The van der Waals surface area contributed by atoms with Crippen LogP contribution in [0.5, 0.6) is 0 Å². The number of aromatic amines is 1. The average Bonchev–Trinajstić information content (AvgIpc) is 2.67. The molecule has 1 saturated carbocycles. The van der Waals surface area contributed by atoms with Gasteiger partial charge < -0.3 is 4.98 Å². The van der Waals surface area contributed by atoms with Gasteiger partial charge in [-0.05, 0) is 12.8 Å². The Kier molecular flexibility index (Phi) is 2.35. The van der Waals surface area contributed by atoms with E-state index >= 15 is 0 Å². The normalized spacial score (nSPS) is 18.4. The molecule has 1 aromatic rings. The Hall–Kier alpha value is -1.23. The van der Waals surface area contributed by atoms with Gasteiger partial charge in [-0.25, -0.2) is 4.98 Å². The molecule has 13 heavy (non-hydrogen) atoms. The summed E-state index contributed by atoms with van der Waals surface area (Å²) in [6.07, 6.45) is 13.6. The summed E-state index contributed by atoms with van der Waals surface area (Å²) in [5.41, 5.74) is 0.806. The second-order valence-corrected chi connectivity index (χ2v) is 3.66. The molecular formula is C11H14N2. The van der Waals surface area contributed by atoms with Gasteiger partial charge in [-0.1, -0.05) is 25.2 Å². The average molecular weight is 174 g/mol. The largest absolute Gasteiger partial charge is 0.335 e. The van der Waals surface area contributed by atoms with E-state index in [1.807, 2.05) is 0 Å². The van der Waals surface area contributed by atoms with Gasteiger partial charge in [-0.2, -0.15) is 0 Å². The van der Waals surface area contributed by atoms with Crippen molar-refractivity contribution in [2.24, 2.45) is 0 Å². The fourth-order valence-electron chi connectivity index (χ4n) is 1.99. The Balaban J connectivity index is 2.11. The molecule has 0 unspecified atom stereocenters. The van der Waals surface area contributed by atoms with Crippen LogP contribution in [-0.2, 0) is 0 Å². The second kappa shape index (κ2) is 3.66. The van der Waals surface area contributed by atoms with Crippen LogP contribution in [0.4, 0.5) is 0 Å². The Morgan fingerprint density at radius 1 is 1.38 bits per heavy atom. The second-order valence-electron chi connectivity index (χ2n) is 3.66. The van der Waals surface area contributed by atoms with Gasteiger partial charge in [0.15, 0.2) is 0 Å². The quantitative estimate of drug-likeness (QED) is 0.651. The van der Waals surface area contributed by atoms with Crippen molar-refractivity contribution in [1.82, 2.24) is 9.97 Å². The van der Waals surface area contributed by atoms with E-state index in [9.17, 15) is 0 Å². The maximum Gasteiger partial charge on any atom is 0.110 e. The van der Waals surface area contributed by atoms with Crippen LogP contribution in [0.15, 0.2) is 6.20 Å². The third-order valence-electron chi connectivity index (χ3n) is 2.74. The standard InChI is InChI=1S/C11H14N2/c1-2-10-8-12-11(13-10)9-6-4-3-5-7-9/h1,8-9H,3-7H2,(H,12,13). The van der Waals surface area contributed by atoms with E-state index in [-0.39, 0.29) is 0 Å². The molecule has 0 atom stereocenters. The van der Waals surface area contributed by atoms with Crippen molar-refractivity contribution in [3.8, 4) is 12.3 Å². The summed E-state index contributed by atoms with van der Waals surface area (Å²) >= 11 is 0. The zero-order valence-electron chi connectivity index (χ0n) is 7.71. The molecule has 1 N–H and O–H groups in total. The molecule has 0 aliphatic heterocycles. The molecule has 0 spiro atoms. The van der Waals surface area contributed by atoms with E-state index in [2.05, 4.69) is 15.9 Å². The summed E-state index contributed by atoms with van der Waals surface area (Å²) in [7, 11) is 0. The minimum atomic E-state index is 0.621. The van der Waals surface area contributed by atoms with Crippen molar-refractivity contribution in [3.63, 3.8) is 0 Å². The lowest BCUT2D eigenvalue weighted by atomic mass is 9.89. The van der Waals surface area contributed by atoms with E-state index in [1.165, 1.54) is 32.1 Å². The molecule has 0 aromatic carbocycles. The van der Waals surface area contributed by atoms with Crippen LogP contribution in [0.3, 0.4) is 0 Å². The lowest BCUT2D eigenvalue weighted by molar-refractivity contribution is 0.431. The molecule has 1 aliphatic carbocycles. The van der Waals surface area contributed by atoms with Gasteiger partial charge in [0.2, 0.25) is 0 Å². The van der Waals surface area contributed by atoms with E-state index in [0.29, 0.717) is 5.92 Å². The van der Waals surface area contributed by atoms with E-state index in [1.54, 1.807) is 6.20 Å². The van der Waals surface area contributed by atoms with Crippen LogP contribution in [0.1, 0.15) is 49.5 Å². The molecule has 2 rings (SSSR count). The maximum atomic E-state index is 5.27. The molecule has 1 heterocycles. The summed E-state index contributed by atoms with van der Waals surface area (Å²) in [5, 5.41) is 0. The van der Waals surface area contributed by atoms with Crippen molar-refractivity contribution < 1.29 is 0 Å². The minimum absolute atomic E-state index is 0.621. The first-order valence-electron chi connectivity index (χ1n) is 4.91. The highest BCUT2D eigenvalue weighted by atomic mass is 14.9. The SMILES string of the molecule is C#Cc1cnc(C2CCCCC2)[nH]1. The molecular weight excluding hydrogens is 160 g/mol. The number of hydrogen-bond donors (Lipinski definition) is 1.